The zero-order valence-electron chi connectivity index (χ0n) is 12.8. The van der Waals surface area contributed by atoms with E-state index in [1.54, 1.807) is 43.5 Å². The summed E-state index contributed by atoms with van der Waals surface area (Å²) in [7, 11) is 1.58. The van der Waals surface area contributed by atoms with Crippen molar-refractivity contribution in [3.8, 4) is 11.5 Å². The second-order valence-corrected chi connectivity index (χ2v) is 5.63. The molecule has 2 aromatic rings. The molecule has 0 aromatic heterocycles. The standard InChI is InChI=1S/C17H17Cl2NO3/c1-3-16(23-13-6-4-5-12(10-13)22-2)17(21)20-11-7-8-14(18)15(19)9-11/h4-10,16H,3H2,1-2H3,(H,20,21)/t16-/m0/s1. The molecule has 0 fully saturated rings. The quantitative estimate of drug-likeness (QED) is 0.811. The van der Waals surface area contributed by atoms with Crippen molar-refractivity contribution in [2.75, 3.05) is 12.4 Å². The number of anilines is 1. The number of hydrogen-bond acceptors (Lipinski definition) is 3. The minimum Gasteiger partial charge on any atom is -0.497 e. The molecule has 0 aliphatic carbocycles. The average molecular weight is 354 g/mol. The SMILES string of the molecule is CC[C@H](Oc1cccc(OC)c1)C(=O)Nc1ccc(Cl)c(Cl)c1. The molecule has 0 heterocycles. The Morgan fingerprint density at radius 2 is 1.87 bits per heavy atom. The molecular formula is C17H17Cl2NO3. The second kappa shape index (κ2) is 8.09. The fraction of sp³-hybridized carbons (Fsp3) is 0.235. The van der Waals surface area contributed by atoms with E-state index < -0.39 is 6.10 Å². The second-order valence-electron chi connectivity index (χ2n) is 4.81. The third-order valence-corrected chi connectivity index (χ3v) is 3.91. The van der Waals surface area contributed by atoms with Gasteiger partial charge in [0.15, 0.2) is 6.10 Å². The van der Waals surface area contributed by atoms with Crippen molar-refractivity contribution in [2.24, 2.45) is 0 Å². The number of hydrogen-bond donors (Lipinski definition) is 1. The number of benzene rings is 2. The first-order valence-corrected chi connectivity index (χ1v) is 7.85. The lowest BCUT2D eigenvalue weighted by Crippen LogP contribution is -2.32. The Balaban J connectivity index is 2.07. The Kier molecular flexibility index (Phi) is 6.13. The number of nitrogens with one attached hydrogen (secondary N) is 1. The van der Waals surface area contributed by atoms with Crippen molar-refractivity contribution >= 4 is 34.8 Å². The van der Waals surface area contributed by atoms with Crippen molar-refractivity contribution in [1.29, 1.82) is 0 Å². The molecular weight excluding hydrogens is 337 g/mol. The first-order valence-electron chi connectivity index (χ1n) is 7.10. The molecule has 2 rings (SSSR count). The van der Waals surface area contributed by atoms with E-state index in [0.717, 1.165) is 0 Å². The molecule has 0 aliphatic heterocycles. The summed E-state index contributed by atoms with van der Waals surface area (Å²) in [5.41, 5.74) is 0.567. The van der Waals surface area contributed by atoms with Crippen molar-refractivity contribution in [3.05, 3.63) is 52.5 Å². The molecule has 0 aliphatic rings. The molecule has 0 bridgehead atoms. The van der Waals surface area contributed by atoms with Crippen LogP contribution in [0.5, 0.6) is 11.5 Å². The molecule has 1 atom stereocenters. The van der Waals surface area contributed by atoms with Crippen LogP contribution in [0.3, 0.4) is 0 Å². The fourth-order valence-corrected chi connectivity index (χ4v) is 2.26. The van der Waals surface area contributed by atoms with Gasteiger partial charge >= 0.3 is 0 Å². The molecule has 1 N–H and O–H groups in total. The summed E-state index contributed by atoms with van der Waals surface area (Å²) < 4.78 is 10.9. The molecule has 0 spiro atoms. The molecule has 4 nitrogen and oxygen atoms in total. The number of ether oxygens (including phenoxy) is 2. The van der Waals surface area contributed by atoms with E-state index >= 15 is 0 Å². The molecule has 122 valence electrons. The van der Waals surface area contributed by atoms with E-state index in [1.165, 1.54) is 0 Å². The number of rotatable bonds is 6. The largest absolute Gasteiger partial charge is 0.497 e. The predicted molar refractivity (Wildman–Crippen MR) is 92.8 cm³/mol. The molecule has 1 amide bonds. The van der Waals surface area contributed by atoms with E-state index in [0.29, 0.717) is 33.7 Å². The van der Waals surface area contributed by atoms with E-state index in [2.05, 4.69) is 5.32 Å². The lowest BCUT2D eigenvalue weighted by atomic mass is 10.2. The summed E-state index contributed by atoms with van der Waals surface area (Å²) in [5.74, 6) is 0.983. The summed E-state index contributed by atoms with van der Waals surface area (Å²) in [6.07, 6.45) is -0.110. The monoisotopic (exact) mass is 353 g/mol. The van der Waals surface area contributed by atoms with Gasteiger partial charge in [0, 0.05) is 11.8 Å². The maximum absolute atomic E-state index is 12.4. The number of carbonyl (C=O) groups is 1. The van der Waals surface area contributed by atoms with Crippen LogP contribution in [0.15, 0.2) is 42.5 Å². The Hall–Kier alpha value is -1.91. The number of methoxy groups -OCH3 is 1. The summed E-state index contributed by atoms with van der Waals surface area (Å²) in [5, 5.41) is 3.59. The van der Waals surface area contributed by atoms with Crippen LogP contribution in [0.4, 0.5) is 5.69 Å². The number of amides is 1. The van der Waals surface area contributed by atoms with Gasteiger partial charge in [-0.1, -0.05) is 36.2 Å². The Labute approximate surface area is 145 Å². The maximum Gasteiger partial charge on any atom is 0.265 e. The van der Waals surface area contributed by atoms with Gasteiger partial charge in [-0.2, -0.15) is 0 Å². The first-order chi connectivity index (χ1) is 11.0. The zero-order valence-corrected chi connectivity index (χ0v) is 14.3. The van der Waals surface area contributed by atoms with Gasteiger partial charge in [0.1, 0.15) is 11.5 Å². The highest BCUT2D eigenvalue weighted by Gasteiger charge is 2.19. The predicted octanol–water partition coefficient (Wildman–Crippen LogP) is 4.80. The molecule has 23 heavy (non-hydrogen) atoms. The van der Waals surface area contributed by atoms with Crippen LogP contribution in [-0.2, 0) is 4.79 Å². The average Bonchev–Trinajstić information content (AvgIpc) is 2.56. The van der Waals surface area contributed by atoms with Gasteiger partial charge in [-0.15, -0.1) is 0 Å². The summed E-state index contributed by atoms with van der Waals surface area (Å²) in [6.45, 7) is 1.87. The molecule has 0 unspecified atom stereocenters. The molecule has 0 radical (unpaired) electrons. The molecule has 6 heteroatoms. The van der Waals surface area contributed by atoms with Gasteiger partial charge in [-0.25, -0.2) is 0 Å². The van der Waals surface area contributed by atoms with E-state index in [9.17, 15) is 4.79 Å². The van der Waals surface area contributed by atoms with E-state index in [-0.39, 0.29) is 5.91 Å². The molecule has 0 saturated carbocycles. The Morgan fingerprint density at radius 3 is 2.52 bits per heavy atom. The van der Waals surface area contributed by atoms with Gasteiger partial charge in [0.25, 0.3) is 5.91 Å². The smallest absolute Gasteiger partial charge is 0.265 e. The zero-order chi connectivity index (χ0) is 16.8. The van der Waals surface area contributed by atoms with Crippen LogP contribution in [0, 0.1) is 0 Å². The molecule has 2 aromatic carbocycles. The highest BCUT2D eigenvalue weighted by molar-refractivity contribution is 6.42. The number of carbonyl (C=O) groups excluding carboxylic acids is 1. The summed E-state index contributed by atoms with van der Waals surface area (Å²) in [6, 6.07) is 12.0. The minimum absolute atomic E-state index is 0.256. The van der Waals surface area contributed by atoms with Crippen LogP contribution < -0.4 is 14.8 Å². The lowest BCUT2D eigenvalue weighted by Gasteiger charge is -2.18. The topological polar surface area (TPSA) is 47.6 Å². The highest BCUT2D eigenvalue weighted by atomic mass is 35.5. The fourth-order valence-electron chi connectivity index (χ4n) is 1.96. The summed E-state index contributed by atoms with van der Waals surface area (Å²) >= 11 is 11.8. The van der Waals surface area contributed by atoms with Gasteiger partial charge < -0.3 is 14.8 Å². The van der Waals surface area contributed by atoms with Gasteiger partial charge in [0.05, 0.1) is 17.2 Å². The van der Waals surface area contributed by atoms with Gasteiger partial charge in [-0.05, 0) is 36.8 Å². The van der Waals surface area contributed by atoms with Crippen molar-refractivity contribution in [3.63, 3.8) is 0 Å². The minimum atomic E-state index is -0.628. The van der Waals surface area contributed by atoms with Crippen LogP contribution in [0.1, 0.15) is 13.3 Å². The van der Waals surface area contributed by atoms with E-state index in [4.69, 9.17) is 32.7 Å². The third kappa shape index (κ3) is 4.78. The van der Waals surface area contributed by atoms with Crippen molar-refractivity contribution < 1.29 is 14.3 Å². The Morgan fingerprint density at radius 1 is 1.13 bits per heavy atom. The normalized spacial score (nSPS) is 11.7. The third-order valence-electron chi connectivity index (χ3n) is 3.17. The highest BCUT2D eigenvalue weighted by Crippen LogP contribution is 2.25. The van der Waals surface area contributed by atoms with Crippen LogP contribution in [0.2, 0.25) is 10.0 Å². The van der Waals surface area contributed by atoms with Crippen molar-refractivity contribution in [1.82, 2.24) is 0 Å². The van der Waals surface area contributed by atoms with Crippen LogP contribution in [-0.4, -0.2) is 19.1 Å². The van der Waals surface area contributed by atoms with Crippen molar-refractivity contribution in [2.45, 2.75) is 19.4 Å². The first kappa shape index (κ1) is 17.4. The van der Waals surface area contributed by atoms with Crippen LogP contribution in [0.25, 0.3) is 0 Å². The lowest BCUT2D eigenvalue weighted by molar-refractivity contribution is -0.122. The van der Waals surface area contributed by atoms with Gasteiger partial charge in [0.2, 0.25) is 0 Å². The Bertz CT molecular complexity index is 691. The van der Waals surface area contributed by atoms with E-state index in [1.807, 2.05) is 13.0 Å². The maximum atomic E-state index is 12.4. The summed E-state index contributed by atoms with van der Waals surface area (Å²) in [4.78, 5) is 12.4. The molecule has 0 saturated heterocycles. The van der Waals surface area contributed by atoms with Gasteiger partial charge in [-0.3, -0.25) is 4.79 Å². The van der Waals surface area contributed by atoms with Crippen LogP contribution >= 0.6 is 23.2 Å². The number of halogens is 2.